The van der Waals surface area contributed by atoms with Crippen LogP contribution in [0.1, 0.15) is 25.5 Å². The molecule has 2 saturated heterocycles. The normalized spacial score (nSPS) is 31.8. The largest absolute Gasteiger partial charge is 0.462 e. The molecular formula is C26H29FN2O4S. The number of carbonyl (C=O) groups is 1. The van der Waals surface area contributed by atoms with Crippen molar-refractivity contribution >= 4 is 22.1 Å². The van der Waals surface area contributed by atoms with E-state index >= 15 is 0 Å². The van der Waals surface area contributed by atoms with E-state index < -0.39 is 10.0 Å². The van der Waals surface area contributed by atoms with E-state index in [9.17, 15) is 17.6 Å². The van der Waals surface area contributed by atoms with Crippen molar-refractivity contribution in [3.63, 3.8) is 0 Å². The van der Waals surface area contributed by atoms with Gasteiger partial charge in [-0.3, -0.25) is 9.78 Å². The third-order valence-electron chi connectivity index (χ3n) is 7.79. The molecule has 34 heavy (non-hydrogen) atoms. The number of sulfonamides is 1. The van der Waals surface area contributed by atoms with Gasteiger partial charge < -0.3 is 4.74 Å². The number of fused-ring (bicyclic) bond motifs is 2. The number of hydrogen-bond donors (Lipinski definition) is 0. The average Bonchev–Trinajstić information content (AvgIpc) is 3.09. The molecule has 0 spiro atoms. The number of cyclic esters (lactones) is 1. The Morgan fingerprint density at radius 3 is 2.71 bits per heavy atom. The number of ether oxygens (including phenoxy) is 1. The van der Waals surface area contributed by atoms with E-state index in [1.807, 2.05) is 25.1 Å². The fourth-order valence-electron chi connectivity index (χ4n) is 6.19. The molecule has 1 aliphatic carbocycles. The molecule has 5 unspecified atom stereocenters. The van der Waals surface area contributed by atoms with E-state index in [1.165, 1.54) is 12.3 Å². The van der Waals surface area contributed by atoms with Gasteiger partial charge in [0, 0.05) is 36.3 Å². The summed E-state index contributed by atoms with van der Waals surface area (Å²) in [5, 5.41) is 0. The fourth-order valence-corrected chi connectivity index (χ4v) is 7.09. The molecule has 0 bridgehead atoms. The van der Waals surface area contributed by atoms with Gasteiger partial charge in [-0.15, -0.1) is 0 Å². The maximum Gasteiger partial charge on any atom is 0.309 e. The van der Waals surface area contributed by atoms with Crippen molar-refractivity contribution in [2.24, 2.45) is 29.6 Å². The zero-order valence-corrected chi connectivity index (χ0v) is 20.1. The Kier molecular flexibility index (Phi) is 6.06. The van der Waals surface area contributed by atoms with Gasteiger partial charge in [0.2, 0.25) is 10.0 Å². The number of halogens is 1. The van der Waals surface area contributed by atoms with Gasteiger partial charge in [0.15, 0.2) is 0 Å². The van der Waals surface area contributed by atoms with Crippen LogP contribution in [0.15, 0.2) is 48.7 Å². The highest BCUT2D eigenvalue weighted by molar-refractivity contribution is 7.88. The summed E-state index contributed by atoms with van der Waals surface area (Å²) in [5.74, 6) is -0.0848. The molecular weight excluding hydrogens is 455 g/mol. The zero-order valence-electron chi connectivity index (χ0n) is 19.3. The van der Waals surface area contributed by atoms with Crippen molar-refractivity contribution in [2.45, 2.75) is 25.9 Å². The minimum atomic E-state index is -3.26. The summed E-state index contributed by atoms with van der Waals surface area (Å²) in [6.45, 7) is 2.91. The van der Waals surface area contributed by atoms with Gasteiger partial charge in [-0.2, -0.15) is 0 Å². The van der Waals surface area contributed by atoms with Crippen LogP contribution in [0.4, 0.5) is 4.39 Å². The van der Waals surface area contributed by atoms with Crippen molar-refractivity contribution in [1.82, 2.24) is 9.29 Å². The molecule has 3 fully saturated rings. The van der Waals surface area contributed by atoms with Gasteiger partial charge in [-0.25, -0.2) is 17.1 Å². The summed E-state index contributed by atoms with van der Waals surface area (Å²) in [6.07, 6.45) is 8.28. The summed E-state index contributed by atoms with van der Waals surface area (Å²) in [6, 6.07) is 10.3. The molecule has 3 heterocycles. The first-order valence-corrected chi connectivity index (χ1v) is 13.6. The molecule has 8 heteroatoms. The number of piperidine rings is 1. The quantitative estimate of drug-likeness (QED) is 0.614. The highest BCUT2D eigenvalue weighted by Gasteiger charge is 2.54. The summed E-state index contributed by atoms with van der Waals surface area (Å²) < 4.78 is 45.5. The second-order valence-electron chi connectivity index (χ2n) is 9.78. The summed E-state index contributed by atoms with van der Waals surface area (Å²) in [7, 11) is -3.26. The van der Waals surface area contributed by atoms with Crippen molar-refractivity contribution in [1.29, 1.82) is 0 Å². The maximum atomic E-state index is 14.1. The molecule has 6 atom stereocenters. The SMILES string of the molecule is C[C@H]1OC(=O)C2CC3CN(S(C)(=O)=O)CCC3C(/C=C/c3ccc(-c4ccccc4F)cn3)C21. The van der Waals surface area contributed by atoms with E-state index in [0.29, 0.717) is 30.6 Å². The molecule has 3 aliphatic rings. The second-order valence-corrected chi connectivity index (χ2v) is 11.8. The maximum absolute atomic E-state index is 14.1. The number of esters is 1. The van der Waals surface area contributed by atoms with Crippen LogP contribution in [0.5, 0.6) is 0 Å². The van der Waals surface area contributed by atoms with Crippen LogP contribution in [0, 0.1) is 35.4 Å². The first-order chi connectivity index (χ1) is 16.2. The van der Waals surface area contributed by atoms with Gasteiger partial charge >= 0.3 is 5.97 Å². The van der Waals surface area contributed by atoms with Crippen LogP contribution in [-0.2, 0) is 19.6 Å². The van der Waals surface area contributed by atoms with Crippen LogP contribution in [0.2, 0.25) is 0 Å². The minimum absolute atomic E-state index is 0.0764. The Bertz CT molecular complexity index is 1210. The Morgan fingerprint density at radius 2 is 2.00 bits per heavy atom. The van der Waals surface area contributed by atoms with Gasteiger partial charge in [0.25, 0.3) is 0 Å². The number of benzene rings is 1. The Balaban J connectivity index is 1.40. The predicted octanol–water partition coefficient (Wildman–Crippen LogP) is 4.00. The van der Waals surface area contributed by atoms with Crippen molar-refractivity contribution in [2.75, 3.05) is 19.3 Å². The molecule has 2 aliphatic heterocycles. The average molecular weight is 485 g/mol. The monoisotopic (exact) mass is 484 g/mol. The van der Waals surface area contributed by atoms with Crippen molar-refractivity contribution in [3.05, 3.63) is 60.2 Å². The summed E-state index contributed by atoms with van der Waals surface area (Å²) >= 11 is 0. The number of allylic oxidation sites excluding steroid dienone is 1. The van der Waals surface area contributed by atoms with Crippen LogP contribution in [-0.4, -0.2) is 49.1 Å². The van der Waals surface area contributed by atoms with Crippen LogP contribution >= 0.6 is 0 Å². The van der Waals surface area contributed by atoms with Crippen LogP contribution in [0.3, 0.4) is 0 Å². The van der Waals surface area contributed by atoms with Crippen molar-refractivity contribution in [3.8, 4) is 11.1 Å². The topological polar surface area (TPSA) is 76.6 Å². The molecule has 0 amide bonds. The molecule has 0 N–H and O–H groups in total. The first-order valence-electron chi connectivity index (χ1n) is 11.8. The van der Waals surface area contributed by atoms with E-state index in [-0.39, 0.29) is 47.5 Å². The number of nitrogens with zero attached hydrogens (tertiary/aromatic N) is 2. The lowest BCUT2D eigenvalue weighted by atomic mass is 9.59. The zero-order chi connectivity index (χ0) is 24.0. The van der Waals surface area contributed by atoms with Gasteiger partial charge in [-0.1, -0.05) is 30.3 Å². The lowest BCUT2D eigenvalue weighted by Gasteiger charge is -2.47. The third kappa shape index (κ3) is 4.29. The molecule has 1 saturated carbocycles. The predicted molar refractivity (Wildman–Crippen MR) is 127 cm³/mol. The third-order valence-corrected chi connectivity index (χ3v) is 9.06. The molecule has 0 radical (unpaired) electrons. The van der Waals surface area contributed by atoms with Crippen LogP contribution in [0.25, 0.3) is 17.2 Å². The molecule has 6 nitrogen and oxygen atoms in total. The smallest absolute Gasteiger partial charge is 0.309 e. The molecule has 5 rings (SSSR count). The molecule has 180 valence electrons. The van der Waals surface area contributed by atoms with E-state index in [4.69, 9.17) is 4.74 Å². The number of rotatable bonds is 4. The fraction of sp³-hybridized carbons (Fsp3) is 0.462. The van der Waals surface area contributed by atoms with Gasteiger partial charge in [0.05, 0.1) is 17.9 Å². The Morgan fingerprint density at radius 1 is 1.21 bits per heavy atom. The Labute approximate surface area is 199 Å². The number of pyridine rings is 1. The standard InChI is InChI=1S/C26H29FN2O4S/c1-16-25-22(10-9-19-8-7-17(14-28-19)21-5-3-4-6-24(21)27)20-11-12-29(34(2,31)32)15-18(20)13-23(25)26(30)33-16/h3-10,14,16,18,20,22-23,25H,11-13,15H2,1-2H3/b10-9+/t16-,18?,20?,22?,23?,25?/m1/s1. The van der Waals surface area contributed by atoms with E-state index in [2.05, 4.69) is 11.1 Å². The van der Waals surface area contributed by atoms with Crippen LogP contribution < -0.4 is 0 Å². The summed E-state index contributed by atoms with van der Waals surface area (Å²) in [5.41, 5.74) is 1.98. The van der Waals surface area contributed by atoms with Gasteiger partial charge in [-0.05, 0) is 55.7 Å². The molecule has 1 aromatic heterocycles. The number of carbonyl (C=O) groups excluding carboxylic acids is 1. The second kappa shape index (κ2) is 8.89. The minimum Gasteiger partial charge on any atom is -0.462 e. The van der Waals surface area contributed by atoms with Gasteiger partial charge in [0.1, 0.15) is 11.9 Å². The number of aromatic nitrogens is 1. The lowest BCUT2D eigenvalue weighted by Crippen LogP contribution is -2.51. The first kappa shape index (κ1) is 23.2. The van der Waals surface area contributed by atoms with E-state index in [1.54, 1.807) is 28.7 Å². The molecule has 2 aromatic rings. The number of hydrogen-bond acceptors (Lipinski definition) is 5. The van der Waals surface area contributed by atoms with E-state index in [0.717, 1.165) is 12.1 Å². The summed E-state index contributed by atoms with van der Waals surface area (Å²) in [4.78, 5) is 17.1. The highest BCUT2D eigenvalue weighted by atomic mass is 32.2. The Hall–Kier alpha value is -2.58. The van der Waals surface area contributed by atoms with Crippen molar-refractivity contribution < 1.29 is 22.3 Å². The highest BCUT2D eigenvalue weighted by Crippen LogP contribution is 2.51. The lowest BCUT2D eigenvalue weighted by molar-refractivity contribution is -0.144. The molecule has 1 aromatic carbocycles.